The Morgan fingerprint density at radius 2 is 1.26 bits per heavy atom. The smallest absolute Gasteiger partial charge is 0.322 e. The third-order valence-electron chi connectivity index (χ3n) is 4.35. The zero-order valence-corrected chi connectivity index (χ0v) is 14.9. The highest BCUT2D eigenvalue weighted by atomic mass is 16.4. The van der Waals surface area contributed by atoms with E-state index in [0.29, 0.717) is 12.8 Å². The van der Waals surface area contributed by atoms with Gasteiger partial charge in [-0.2, -0.15) is 0 Å². The summed E-state index contributed by atoms with van der Waals surface area (Å²) in [5.41, 5.74) is 1.78. The SMILES string of the molecule is O=C(O)CNC(=O)[C@H](Cc1ccccc1)C[C@@H](Cc1ccccc1)C(=O)O. The van der Waals surface area contributed by atoms with Gasteiger partial charge in [0, 0.05) is 5.92 Å². The number of carboxylic acid groups (broad SMARTS) is 2. The van der Waals surface area contributed by atoms with Crippen molar-refractivity contribution in [2.45, 2.75) is 19.3 Å². The van der Waals surface area contributed by atoms with Crippen LogP contribution >= 0.6 is 0 Å². The molecule has 0 unspecified atom stereocenters. The molecule has 0 heterocycles. The molecule has 3 N–H and O–H groups in total. The van der Waals surface area contributed by atoms with Gasteiger partial charge in [-0.25, -0.2) is 0 Å². The van der Waals surface area contributed by atoms with Gasteiger partial charge in [0.05, 0.1) is 5.92 Å². The molecule has 1 amide bonds. The van der Waals surface area contributed by atoms with Crippen molar-refractivity contribution in [1.82, 2.24) is 5.32 Å². The molecule has 2 rings (SSSR count). The number of benzene rings is 2. The Kier molecular flexibility index (Phi) is 7.55. The number of hydrogen-bond donors (Lipinski definition) is 3. The first-order valence-electron chi connectivity index (χ1n) is 8.76. The molecule has 0 saturated carbocycles. The first-order chi connectivity index (χ1) is 13.0. The summed E-state index contributed by atoms with van der Waals surface area (Å²) in [4.78, 5) is 35.0. The highest BCUT2D eigenvalue weighted by Crippen LogP contribution is 2.22. The van der Waals surface area contributed by atoms with Gasteiger partial charge in [0.15, 0.2) is 0 Å². The van der Waals surface area contributed by atoms with Crippen molar-refractivity contribution in [2.75, 3.05) is 6.54 Å². The molecule has 0 spiro atoms. The molecule has 27 heavy (non-hydrogen) atoms. The highest BCUT2D eigenvalue weighted by Gasteiger charge is 2.28. The highest BCUT2D eigenvalue weighted by molar-refractivity contribution is 5.83. The Hall–Kier alpha value is -3.15. The van der Waals surface area contributed by atoms with Crippen molar-refractivity contribution in [2.24, 2.45) is 11.8 Å². The fourth-order valence-electron chi connectivity index (χ4n) is 3.00. The van der Waals surface area contributed by atoms with Crippen LogP contribution in [-0.4, -0.2) is 34.6 Å². The summed E-state index contributed by atoms with van der Waals surface area (Å²) in [6.07, 6.45) is 0.795. The summed E-state index contributed by atoms with van der Waals surface area (Å²) in [5, 5.41) is 20.8. The maximum atomic E-state index is 12.5. The topological polar surface area (TPSA) is 104 Å². The van der Waals surface area contributed by atoms with Crippen molar-refractivity contribution in [3.05, 3.63) is 71.8 Å². The predicted octanol–water partition coefficient (Wildman–Crippen LogP) is 2.38. The van der Waals surface area contributed by atoms with Crippen LogP contribution in [0.5, 0.6) is 0 Å². The standard InChI is InChI=1S/C21H23NO5/c23-19(24)14-22-20(25)17(11-15-7-3-1-4-8-15)13-18(21(26)27)12-16-9-5-2-6-10-16/h1-10,17-18H,11-14H2,(H,22,25)(H,23,24)(H,26,27)/t17-,18-/m1/s1. The van der Waals surface area contributed by atoms with E-state index in [1.54, 1.807) is 0 Å². The molecule has 0 fully saturated rings. The number of hydrogen-bond acceptors (Lipinski definition) is 3. The Labute approximate surface area is 157 Å². The number of amides is 1. The van der Waals surface area contributed by atoms with E-state index in [1.807, 2.05) is 60.7 Å². The molecule has 6 heteroatoms. The quantitative estimate of drug-likeness (QED) is 0.597. The molecule has 6 nitrogen and oxygen atoms in total. The summed E-state index contributed by atoms with van der Waals surface area (Å²) in [6.45, 7) is -0.486. The third kappa shape index (κ3) is 6.93. The van der Waals surface area contributed by atoms with Crippen molar-refractivity contribution >= 4 is 17.8 Å². The minimum atomic E-state index is -1.14. The summed E-state index contributed by atoms with van der Waals surface area (Å²) >= 11 is 0. The lowest BCUT2D eigenvalue weighted by Gasteiger charge is -2.21. The zero-order valence-electron chi connectivity index (χ0n) is 14.9. The van der Waals surface area contributed by atoms with Crippen LogP contribution in [0.2, 0.25) is 0 Å². The lowest BCUT2D eigenvalue weighted by atomic mass is 9.85. The van der Waals surface area contributed by atoms with Crippen LogP contribution < -0.4 is 5.32 Å². The Morgan fingerprint density at radius 3 is 1.70 bits per heavy atom. The van der Waals surface area contributed by atoms with Crippen molar-refractivity contribution < 1.29 is 24.6 Å². The lowest BCUT2D eigenvalue weighted by Crippen LogP contribution is -2.37. The average Bonchev–Trinajstić information content (AvgIpc) is 2.66. The predicted molar refractivity (Wildman–Crippen MR) is 100 cm³/mol. The van der Waals surface area contributed by atoms with E-state index in [-0.39, 0.29) is 6.42 Å². The van der Waals surface area contributed by atoms with Crippen LogP contribution in [0.4, 0.5) is 0 Å². The summed E-state index contributed by atoms with van der Waals surface area (Å²) in [6, 6.07) is 18.5. The van der Waals surface area contributed by atoms with Crippen molar-refractivity contribution in [3.63, 3.8) is 0 Å². The van der Waals surface area contributed by atoms with Gasteiger partial charge in [-0.05, 0) is 30.4 Å². The fourth-order valence-corrected chi connectivity index (χ4v) is 3.00. The molecule has 0 aliphatic carbocycles. The van der Waals surface area contributed by atoms with Crippen LogP contribution in [-0.2, 0) is 27.2 Å². The monoisotopic (exact) mass is 369 g/mol. The second-order valence-corrected chi connectivity index (χ2v) is 6.46. The van der Waals surface area contributed by atoms with Gasteiger partial charge >= 0.3 is 11.9 Å². The Morgan fingerprint density at radius 1 is 0.778 bits per heavy atom. The number of carboxylic acids is 2. The average molecular weight is 369 g/mol. The molecule has 2 atom stereocenters. The van der Waals surface area contributed by atoms with E-state index < -0.39 is 36.2 Å². The Balaban J connectivity index is 2.15. The second kappa shape index (κ2) is 10.1. The minimum absolute atomic E-state index is 0.130. The number of nitrogens with one attached hydrogen (secondary N) is 1. The number of carbonyl (C=O) groups excluding carboxylic acids is 1. The summed E-state index contributed by atoms with van der Waals surface area (Å²) in [7, 11) is 0. The van der Waals surface area contributed by atoms with Crippen LogP contribution in [0, 0.1) is 11.8 Å². The van der Waals surface area contributed by atoms with Crippen LogP contribution in [0.1, 0.15) is 17.5 Å². The normalized spacial score (nSPS) is 12.7. The molecule has 0 bridgehead atoms. The van der Waals surface area contributed by atoms with Crippen molar-refractivity contribution in [3.8, 4) is 0 Å². The maximum Gasteiger partial charge on any atom is 0.322 e. The van der Waals surface area contributed by atoms with E-state index in [4.69, 9.17) is 5.11 Å². The van der Waals surface area contributed by atoms with Gasteiger partial charge in [-0.1, -0.05) is 60.7 Å². The van der Waals surface area contributed by atoms with Gasteiger partial charge < -0.3 is 15.5 Å². The molecular weight excluding hydrogens is 346 g/mol. The molecular formula is C21H23NO5. The van der Waals surface area contributed by atoms with Crippen LogP contribution in [0.25, 0.3) is 0 Å². The van der Waals surface area contributed by atoms with Crippen LogP contribution in [0.3, 0.4) is 0 Å². The van der Waals surface area contributed by atoms with E-state index in [0.717, 1.165) is 11.1 Å². The van der Waals surface area contributed by atoms with Gasteiger partial charge in [-0.3, -0.25) is 14.4 Å². The first-order valence-corrected chi connectivity index (χ1v) is 8.76. The largest absolute Gasteiger partial charge is 0.481 e. The molecule has 0 saturated heterocycles. The molecule has 142 valence electrons. The molecule has 0 radical (unpaired) electrons. The lowest BCUT2D eigenvalue weighted by molar-refractivity contribution is -0.143. The maximum absolute atomic E-state index is 12.5. The molecule has 2 aromatic rings. The van der Waals surface area contributed by atoms with E-state index >= 15 is 0 Å². The van der Waals surface area contributed by atoms with E-state index in [9.17, 15) is 19.5 Å². The second-order valence-electron chi connectivity index (χ2n) is 6.46. The van der Waals surface area contributed by atoms with Gasteiger partial charge in [-0.15, -0.1) is 0 Å². The van der Waals surface area contributed by atoms with Crippen LogP contribution in [0.15, 0.2) is 60.7 Å². The van der Waals surface area contributed by atoms with E-state index in [1.165, 1.54) is 0 Å². The van der Waals surface area contributed by atoms with E-state index in [2.05, 4.69) is 5.32 Å². The molecule has 0 aliphatic rings. The number of aliphatic carboxylic acids is 2. The first kappa shape index (κ1) is 20.2. The zero-order chi connectivity index (χ0) is 19.6. The van der Waals surface area contributed by atoms with Gasteiger partial charge in [0.1, 0.15) is 6.54 Å². The summed E-state index contributed by atoms with van der Waals surface area (Å²) in [5.74, 6) is -3.92. The Bertz CT molecular complexity index is 761. The molecule has 2 aromatic carbocycles. The fraction of sp³-hybridized carbons (Fsp3) is 0.286. The molecule has 0 aliphatic heterocycles. The summed E-state index contributed by atoms with van der Waals surface area (Å²) < 4.78 is 0. The molecule has 0 aromatic heterocycles. The van der Waals surface area contributed by atoms with Gasteiger partial charge in [0.25, 0.3) is 0 Å². The van der Waals surface area contributed by atoms with Crippen molar-refractivity contribution in [1.29, 1.82) is 0 Å². The van der Waals surface area contributed by atoms with Gasteiger partial charge in [0.2, 0.25) is 5.91 Å². The number of rotatable bonds is 10. The minimum Gasteiger partial charge on any atom is -0.481 e. The number of carbonyl (C=O) groups is 3. The third-order valence-corrected chi connectivity index (χ3v) is 4.35.